The maximum atomic E-state index is 12.1. The van der Waals surface area contributed by atoms with Gasteiger partial charge in [0, 0.05) is 22.8 Å². The number of nitrogens with one attached hydrogen (secondary N) is 1. The predicted molar refractivity (Wildman–Crippen MR) is 75.4 cm³/mol. The zero-order chi connectivity index (χ0) is 14.9. The van der Waals surface area contributed by atoms with Crippen LogP contribution >= 0.6 is 10.7 Å². The molecule has 0 aliphatic heterocycles. The minimum absolute atomic E-state index is 0.0176. The molecule has 1 heterocycles. The molecule has 1 aliphatic carbocycles. The van der Waals surface area contributed by atoms with E-state index in [0.29, 0.717) is 5.92 Å². The van der Waals surface area contributed by atoms with Gasteiger partial charge in [-0.2, -0.15) is 0 Å². The first-order valence-electron chi connectivity index (χ1n) is 6.67. The molecule has 0 aromatic carbocycles. The van der Waals surface area contributed by atoms with E-state index in [2.05, 4.69) is 5.32 Å². The molecule has 7 heteroatoms. The summed E-state index contributed by atoms with van der Waals surface area (Å²) >= 11 is 0. The third-order valence-electron chi connectivity index (χ3n) is 3.50. The van der Waals surface area contributed by atoms with Crippen LogP contribution in [0.1, 0.15) is 48.9 Å². The molecule has 1 fully saturated rings. The van der Waals surface area contributed by atoms with Crippen molar-refractivity contribution in [1.29, 1.82) is 0 Å². The Hall–Kier alpha value is -1.01. The van der Waals surface area contributed by atoms with E-state index in [1.165, 1.54) is 25.8 Å². The number of rotatable bonds is 6. The molecule has 0 radical (unpaired) electrons. The van der Waals surface area contributed by atoms with Crippen LogP contribution in [0, 0.1) is 12.8 Å². The van der Waals surface area contributed by atoms with Crippen LogP contribution in [0.5, 0.6) is 0 Å². The second kappa shape index (κ2) is 5.77. The van der Waals surface area contributed by atoms with Gasteiger partial charge in [0.2, 0.25) is 0 Å². The van der Waals surface area contributed by atoms with Crippen molar-refractivity contribution in [3.05, 3.63) is 17.6 Å². The molecule has 0 bridgehead atoms. The van der Waals surface area contributed by atoms with Crippen LogP contribution in [0.4, 0.5) is 0 Å². The molecule has 1 aromatic rings. The van der Waals surface area contributed by atoms with E-state index in [1.54, 1.807) is 0 Å². The fourth-order valence-corrected chi connectivity index (χ4v) is 3.25. The van der Waals surface area contributed by atoms with Crippen LogP contribution in [0.2, 0.25) is 0 Å². The quantitative estimate of drug-likeness (QED) is 0.818. The van der Waals surface area contributed by atoms with Crippen molar-refractivity contribution in [3.8, 4) is 0 Å². The summed E-state index contributed by atoms with van der Waals surface area (Å²) in [4.78, 5) is 11.9. The van der Waals surface area contributed by atoms with Gasteiger partial charge < -0.3 is 9.73 Å². The minimum Gasteiger partial charge on any atom is -0.455 e. The summed E-state index contributed by atoms with van der Waals surface area (Å²) in [5.74, 6) is 0.417. The molecule has 1 aliphatic rings. The number of hydrogen-bond donors (Lipinski definition) is 1. The van der Waals surface area contributed by atoms with Crippen LogP contribution in [0.15, 0.2) is 15.4 Å². The smallest absolute Gasteiger partial charge is 0.287 e. The standard InChI is InChI=1S/C13H18ClNO4S/c1-3-10(6-9-4-5-9)15-13(16)11-7-12(8(2)19-11)20(14,17)18/h7,9-10H,3-6H2,1-2H3,(H,15,16). The third-order valence-corrected chi connectivity index (χ3v) is 4.93. The zero-order valence-corrected chi connectivity index (χ0v) is 13.1. The molecule has 112 valence electrons. The second-order valence-corrected chi connectivity index (χ2v) is 7.76. The van der Waals surface area contributed by atoms with Gasteiger partial charge in [0.1, 0.15) is 10.7 Å². The predicted octanol–water partition coefficient (Wildman–Crippen LogP) is 2.82. The normalized spacial score (nSPS) is 16.9. The van der Waals surface area contributed by atoms with Crippen LogP contribution in [-0.4, -0.2) is 20.4 Å². The lowest BCUT2D eigenvalue weighted by molar-refractivity contribution is 0.0903. The summed E-state index contributed by atoms with van der Waals surface area (Å²) in [5, 5.41) is 2.88. The Bertz CT molecular complexity index is 604. The zero-order valence-electron chi connectivity index (χ0n) is 11.5. The molecule has 5 nitrogen and oxygen atoms in total. The van der Waals surface area contributed by atoms with Gasteiger partial charge >= 0.3 is 0 Å². The summed E-state index contributed by atoms with van der Waals surface area (Å²) in [6.07, 6.45) is 4.24. The van der Waals surface area contributed by atoms with E-state index in [1.807, 2.05) is 6.92 Å². The van der Waals surface area contributed by atoms with Crippen molar-refractivity contribution >= 4 is 25.6 Å². The lowest BCUT2D eigenvalue weighted by Gasteiger charge is -2.15. The average Bonchev–Trinajstić information content (AvgIpc) is 3.06. The van der Waals surface area contributed by atoms with E-state index >= 15 is 0 Å². The first kappa shape index (κ1) is 15.4. The third kappa shape index (κ3) is 3.76. The Kier molecular flexibility index (Phi) is 4.44. The van der Waals surface area contributed by atoms with Gasteiger partial charge in [-0.05, 0) is 25.7 Å². The highest BCUT2D eigenvalue weighted by molar-refractivity contribution is 8.13. The van der Waals surface area contributed by atoms with E-state index in [4.69, 9.17) is 15.1 Å². The number of hydrogen-bond acceptors (Lipinski definition) is 4. The minimum atomic E-state index is -3.89. The first-order chi connectivity index (χ1) is 9.31. The largest absolute Gasteiger partial charge is 0.455 e. The Labute approximate surface area is 123 Å². The summed E-state index contributed by atoms with van der Waals surface area (Å²) < 4.78 is 27.8. The van der Waals surface area contributed by atoms with E-state index in [0.717, 1.165) is 12.8 Å². The summed E-state index contributed by atoms with van der Waals surface area (Å²) in [6, 6.07) is 1.27. The van der Waals surface area contributed by atoms with Gasteiger partial charge in [-0.25, -0.2) is 8.42 Å². The van der Waals surface area contributed by atoms with Crippen molar-refractivity contribution in [1.82, 2.24) is 5.32 Å². The molecule has 2 rings (SSSR count). The highest BCUT2D eigenvalue weighted by atomic mass is 35.7. The number of amides is 1. The van der Waals surface area contributed by atoms with Crippen molar-refractivity contribution in [2.75, 3.05) is 0 Å². The molecular weight excluding hydrogens is 302 g/mol. The highest BCUT2D eigenvalue weighted by Gasteiger charge is 2.27. The molecule has 1 saturated carbocycles. The molecule has 1 N–H and O–H groups in total. The molecule has 0 saturated heterocycles. The molecule has 1 atom stereocenters. The van der Waals surface area contributed by atoms with Crippen LogP contribution in [0.3, 0.4) is 0 Å². The van der Waals surface area contributed by atoms with E-state index in [-0.39, 0.29) is 22.5 Å². The van der Waals surface area contributed by atoms with Gasteiger partial charge in [0.25, 0.3) is 15.0 Å². The van der Waals surface area contributed by atoms with Crippen molar-refractivity contribution in [2.45, 2.75) is 50.5 Å². The molecule has 1 aromatic heterocycles. The maximum absolute atomic E-state index is 12.1. The van der Waals surface area contributed by atoms with Gasteiger partial charge in [0.05, 0.1) is 0 Å². The summed E-state index contributed by atoms with van der Waals surface area (Å²) in [6.45, 7) is 3.48. The number of aryl methyl sites for hydroxylation is 1. The Morgan fingerprint density at radius 2 is 2.20 bits per heavy atom. The second-order valence-electron chi connectivity index (χ2n) is 5.23. The number of carbonyl (C=O) groups excluding carboxylic acids is 1. The average molecular weight is 320 g/mol. The fraction of sp³-hybridized carbons (Fsp3) is 0.615. The van der Waals surface area contributed by atoms with Gasteiger partial charge in [0.15, 0.2) is 5.76 Å². The van der Waals surface area contributed by atoms with E-state index < -0.39 is 15.0 Å². The summed E-state index contributed by atoms with van der Waals surface area (Å²) in [7, 11) is 1.38. The number of halogens is 1. The van der Waals surface area contributed by atoms with Crippen LogP contribution < -0.4 is 5.32 Å². The number of carbonyl (C=O) groups is 1. The van der Waals surface area contributed by atoms with Crippen molar-refractivity contribution in [3.63, 3.8) is 0 Å². The van der Waals surface area contributed by atoms with Gasteiger partial charge in [-0.15, -0.1) is 0 Å². The van der Waals surface area contributed by atoms with E-state index in [9.17, 15) is 13.2 Å². The fourth-order valence-electron chi connectivity index (χ4n) is 2.16. The van der Waals surface area contributed by atoms with Gasteiger partial charge in [-0.1, -0.05) is 19.8 Å². The lowest BCUT2D eigenvalue weighted by atomic mass is 10.1. The summed E-state index contributed by atoms with van der Waals surface area (Å²) in [5.41, 5.74) is 0. The Morgan fingerprint density at radius 1 is 1.55 bits per heavy atom. The SMILES string of the molecule is CCC(CC1CC1)NC(=O)c1cc(S(=O)(=O)Cl)c(C)o1. The Balaban J connectivity index is 2.08. The van der Waals surface area contributed by atoms with Crippen LogP contribution in [0.25, 0.3) is 0 Å². The Morgan fingerprint density at radius 3 is 2.65 bits per heavy atom. The molecule has 1 amide bonds. The topological polar surface area (TPSA) is 76.4 Å². The first-order valence-corrected chi connectivity index (χ1v) is 8.98. The monoisotopic (exact) mass is 319 g/mol. The van der Waals surface area contributed by atoms with Crippen LogP contribution in [-0.2, 0) is 9.05 Å². The maximum Gasteiger partial charge on any atom is 0.287 e. The lowest BCUT2D eigenvalue weighted by Crippen LogP contribution is -2.34. The molecule has 20 heavy (non-hydrogen) atoms. The molecule has 0 spiro atoms. The number of furan rings is 1. The van der Waals surface area contributed by atoms with Crippen molar-refractivity contribution < 1.29 is 17.6 Å². The highest BCUT2D eigenvalue weighted by Crippen LogP contribution is 2.34. The van der Waals surface area contributed by atoms with Gasteiger partial charge in [-0.3, -0.25) is 4.79 Å². The van der Waals surface area contributed by atoms with Crippen molar-refractivity contribution in [2.24, 2.45) is 5.92 Å². The molecular formula is C13H18ClNO4S. The molecule has 1 unspecified atom stereocenters.